The van der Waals surface area contributed by atoms with Crippen LogP contribution in [0.15, 0.2) is 18.9 Å². The van der Waals surface area contributed by atoms with Gasteiger partial charge in [0, 0.05) is 0 Å². The minimum absolute atomic E-state index is 0.207. The number of aliphatic hydroxyl groups is 2. The number of imidazole rings is 1. The summed E-state index contributed by atoms with van der Waals surface area (Å²) in [4.78, 5) is 8.24. The van der Waals surface area contributed by atoms with Gasteiger partial charge in [-0.15, -0.1) is 0 Å². The van der Waals surface area contributed by atoms with E-state index in [0.717, 1.165) is 5.52 Å². The van der Waals surface area contributed by atoms with Crippen molar-refractivity contribution >= 4 is 11.2 Å². The molecule has 8 heteroatoms. The van der Waals surface area contributed by atoms with Crippen molar-refractivity contribution in [2.45, 2.75) is 50.9 Å². The molecule has 0 aromatic carbocycles. The van der Waals surface area contributed by atoms with Gasteiger partial charge in [0.1, 0.15) is 24.6 Å². The van der Waals surface area contributed by atoms with Crippen molar-refractivity contribution in [1.82, 2.24) is 14.5 Å². The van der Waals surface area contributed by atoms with Crippen LogP contribution in [-0.4, -0.2) is 55.3 Å². The largest absolute Gasteiger partial charge is 0.387 e. The Kier molecular flexibility index (Phi) is 4.09. The Morgan fingerprint density at radius 2 is 2.09 bits per heavy atom. The zero-order chi connectivity index (χ0) is 16.8. The molecule has 0 amide bonds. The minimum Gasteiger partial charge on any atom is -0.387 e. The molecule has 1 aliphatic heterocycles. The highest BCUT2D eigenvalue weighted by Crippen LogP contribution is 2.31. The van der Waals surface area contributed by atoms with Gasteiger partial charge in [-0.2, -0.15) is 9.55 Å². The molecule has 3 heterocycles. The van der Waals surface area contributed by atoms with E-state index < -0.39 is 24.5 Å². The van der Waals surface area contributed by atoms with Gasteiger partial charge in [-0.05, 0) is 20.8 Å². The number of hydrogen-bond acceptors (Lipinski definition) is 6. The van der Waals surface area contributed by atoms with E-state index in [-0.39, 0.29) is 12.2 Å². The molecule has 1 aliphatic rings. The Morgan fingerprint density at radius 1 is 1.35 bits per heavy atom. The SMILES string of the molecule is C[n+]1cn(C2OC(COC(C)(C)C)C(O)C2O)c2ncncc21. The van der Waals surface area contributed by atoms with Gasteiger partial charge in [0.05, 0.1) is 25.5 Å². The van der Waals surface area contributed by atoms with Crippen LogP contribution in [0, 0.1) is 0 Å². The highest BCUT2D eigenvalue weighted by atomic mass is 16.6. The van der Waals surface area contributed by atoms with E-state index in [1.807, 2.05) is 32.4 Å². The number of nitrogens with zero attached hydrogens (tertiary/aromatic N) is 4. The third-order valence-corrected chi connectivity index (χ3v) is 3.89. The Hall–Kier alpha value is -1.61. The number of ether oxygens (including phenoxy) is 2. The highest BCUT2D eigenvalue weighted by molar-refractivity contribution is 5.65. The van der Waals surface area contributed by atoms with Crippen LogP contribution in [-0.2, 0) is 16.5 Å². The van der Waals surface area contributed by atoms with E-state index in [1.165, 1.54) is 6.33 Å². The number of aliphatic hydroxyl groups excluding tert-OH is 2. The Balaban J connectivity index is 1.85. The number of aromatic nitrogens is 4. The summed E-state index contributed by atoms with van der Waals surface area (Å²) in [6.07, 6.45) is 1.50. The lowest BCUT2D eigenvalue weighted by molar-refractivity contribution is -0.646. The lowest BCUT2D eigenvalue weighted by Gasteiger charge is -2.23. The van der Waals surface area contributed by atoms with Gasteiger partial charge in [0.25, 0.3) is 5.65 Å². The molecule has 4 atom stereocenters. The predicted molar refractivity (Wildman–Crippen MR) is 80.3 cm³/mol. The third kappa shape index (κ3) is 3.07. The van der Waals surface area contributed by atoms with E-state index in [1.54, 1.807) is 17.1 Å². The zero-order valence-corrected chi connectivity index (χ0v) is 13.7. The molecule has 4 unspecified atom stereocenters. The molecule has 3 rings (SSSR count). The standard InChI is InChI=1S/C15H23N4O4/c1-15(2,3)22-6-10-11(20)12(21)14(23-10)19-8-18(4)9-5-16-7-17-13(9)19/h5,7-8,10-12,14,20-21H,6H2,1-4H3/q+1. The normalized spacial score (nSPS) is 28.6. The summed E-state index contributed by atoms with van der Waals surface area (Å²) in [6, 6.07) is 0. The number of hydrogen-bond donors (Lipinski definition) is 2. The van der Waals surface area contributed by atoms with Crippen molar-refractivity contribution in [3.8, 4) is 0 Å². The molecular formula is C15H23N4O4+. The maximum absolute atomic E-state index is 10.4. The predicted octanol–water partition coefficient (Wildman–Crippen LogP) is -0.310. The fraction of sp³-hybridized carbons (Fsp3) is 0.667. The Bertz CT molecular complexity index is 696. The topological polar surface area (TPSA) is 93.5 Å². The zero-order valence-electron chi connectivity index (χ0n) is 13.7. The lowest BCUT2D eigenvalue weighted by Crippen LogP contribution is -2.36. The summed E-state index contributed by atoms with van der Waals surface area (Å²) in [5, 5.41) is 20.6. The molecule has 126 valence electrons. The second-order valence-corrected chi connectivity index (χ2v) is 6.83. The van der Waals surface area contributed by atoms with Crippen LogP contribution in [0.3, 0.4) is 0 Å². The molecule has 2 N–H and O–H groups in total. The molecule has 0 spiro atoms. The van der Waals surface area contributed by atoms with Crippen molar-refractivity contribution < 1.29 is 24.3 Å². The molecule has 0 radical (unpaired) electrons. The first-order chi connectivity index (χ1) is 10.8. The summed E-state index contributed by atoms with van der Waals surface area (Å²) >= 11 is 0. The number of aryl methyl sites for hydroxylation is 1. The molecule has 0 aliphatic carbocycles. The van der Waals surface area contributed by atoms with Crippen molar-refractivity contribution in [2.75, 3.05) is 6.61 Å². The Morgan fingerprint density at radius 3 is 2.78 bits per heavy atom. The average Bonchev–Trinajstić information content (AvgIpc) is 2.96. The van der Waals surface area contributed by atoms with E-state index >= 15 is 0 Å². The van der Waals surface area contributed by atoms with Crippen LogP contribution < -0.4 is 4.57 Å². The molecule has 1 saturated heterocycles. The quantitative estimate of drug-likeness (QED) is 0.753. The first kappa shape index (κ1) is 16.3. The van der Waals surface area contributed by atoms with Crippen LogP contribution in [0.1, 0.15) is 27.0 Å². The first-order valence-corrected chi connectivity index (χ1v) is 7.59. The lowest BCUT2D eigenvalue weighted by atomic mass is 10.1. The minimum atomic E-state index is -1.06. The molecule has 0 bridgehead atoms. The van der Waals surface area contributed by atoms with Gasteiger partial charge < -0.3 is 19.7 Å². The Labute approximate surface area is 134 Å². The highest BCUT2D eigenvalue weighted by Gasteiger charge is 2.47. The first-order valence-electron chi connectivity index (χ1n) is 7.59. The van der Waals surface area contributed by atoms with Crippen molar-refractivity contribution in [3.05, 3.63) is 18.9 Å². The van der Waals surface area contributed by atoms with Crippen LogP contribution >= 0.6 is 0 Å². The van der Waals surface area contributed by atoms with E-state index in [9.17, 15) is 10.2 Å². The average molecular weight is 323 g/mol. The van der Waals surface area contributed by atoms with E-state index in [4.69, 9.17) is 9.47 Å². The second-order valence-electron chi connectivity index (χ2n) is 6.83. The summed E-state index contributed by atoms with van der Waals surface area (Å²) in [5.74, 6) is 0. The number of rotatable bonds is 3. The van der Waals surface area contributed by atoms with Gasteiger partial charge in [-0.25, -0.2) is 9.55 Å². The van der Waals surface area contributed by atoms with Crippen LogP contribution in [0.2, 0.25) is 0 Å². The fourth-order valence-electron chi connectivity index (χ4n) is 2.68. The van der Waals surface area contributed by atoms with Crippen molar-refractivity contribution in [3.63, 3.8) is 0 Å². The van der Waals surface area contributed by atoms with E-state index in [2.05, 4.69) is 9.97 Å². The summed E-state index contributed by atoms with van der Waals surface area (Å²) in [7, 11) is 1.86. The summed E-state index contributed by atoms with van der Waals surface area (Å²) in [6.45, 7) is 5.99. The molecule has 2 aromatic heterocycles. The van der Waals surface area contributed by atoms with Gasteiger partial charge in [-0.3, -0.25) is 0 Å². The summed E-state index contributed by atoms with van der Waals surface area (Å²) in [5.41, 5.74) is 1.11. The van der Waals surface area contributed by atoms with E-state index in [0.29, 0.717) is 5.65 Å². The fourth-order valence-corrected chi connectivity index (χ4v) is 2.68. The van der Waals surface area contributed by atoms with Crippen LogP contribution in [0.4, 0.5) is 0 Å². The second kappa shape index (κ2) is 5.79. The van der Waals surface area contributed by atoms with Gasteiger partial charge >= 0.3 is 0 Å². The van der Waals surface area contributed by atoms with Crippen LogP contribution in [0.5, 0.6) is 0 Å². The van der Waals surface area contributed by atoms with Gasteiger partial charge in [0.15, 0.2) is 0 Å². The molecular weight excluding hydrogens is 300 g/mol. The van der Waals surface area contributed by atoms with Crippen molar-refractivity contribution in [2.24, 2.45) is 7.05 Å². The molecule has 8 nitrogen and oxygen atoms in total. The molecule has 1 fully saturated rings. The van der Waals surface area contributed by atoms with Crippen LogP contribution in [0.25, 0.3) is 11.2 Å². The van der Waals surface area contributed by atoms with Gasteiger partial charge in [0.2, 0.25) is 18.1 Å². The third-order valence-electron chi connectivity index (χ3n) is 3.89. The van der Waals surface area contributed by atoms with Gasteiger partial charge in [-0.1, -0.05) is 0 Å². The monoisotopic (exact) mass is 323 g/mol. The maximum Gasteiger partial charge on any atom is 0.273 e. The molecule has 0 saturated carbocycles. The maximum atomic E-state index is 10.4. The summed E-state index contributed by atoms with van der Waals surface area (Å²) < 4.78 is 15.1. The van der Waals surface area contributed by atoms with Crippen molar-refractivity contribution in [1.29, 1.82) is 0 Å². The molecule has 23 heavy (non-hydrogen) atoms. The smallest absolute Gasteiger partial charge is 0.273 e. The number of fused-ring (bicyclic) bond motifs is 1. The molecule has 2 aromatic rings.